The van der Waals surface area contributed by atoms with Gasteiger partial charge in [-0.1, -0.05) is 6.07 Å². The van der Waals surface area contributed by atoms with Crippen molar-refractivity contribution in [1.82, 2.24) is 15.2 Å². The summed E-state index contributed by atoms with van der Waals surface area (Å²) in [6.07, 6.45) is 2.66. The first-order chi connectivity index (χ1) is 9.72. The number of rotatable bonds is 5. The summed E-state index contributed by atoms with van der Waals surface area (Å²) in [5.41, 5.74) is 1.17. The van der Waals surface area contributed by atoms with E-state index in [0.717, 1.165) is 44.6 Å². The lowest BCUT2D eigenvalue weighted by atomic mass is 10.2. The Bertz CT molecular complexity index is 434. The van der Waals surface area contributed by atoms with E-state index in [1.54, 1.807) is 0 Å². The quantitative estimate of drug-likeness (QED) is 0.888. The Balaban J connectivity index is 1.57. The highest BCUT2D eigenvalue weighted by Gasteiger charge is 2.21. The molecule has 1 aliphatic heterocycles. The maximum Gasteiger partial charge on any atom is 0.128 e. The van der Waals surface area contributed by atoms with Gasteiger partial charge in [-0.25, -0.2) is 4.98 Å². The Morgan fingerprint density at radius 2 is 1.95 bits per heavy atom. The summed E-state index contributed by atoms with van der Waals surface area (Å²) in [7, 11) is 0. The van der Waals surface area contributed by atoms with Gasteiger partial charge in [0.15, 0.2) is 0 Å². The summed E-state index contributed by atoms with van der Waals surface area (Å²) in [6.45, 7) is 9.92. The fraction of sp³-hybridized carbons (Fsp3) is 0.688. The Kier molecular flexibility index (Phi) is 4.22. The standard InChI is InChI=1S/C16H26N4/c1-13(2)19-8-10-20(11-9-19)16-5-3-4-15(18-16)12-17-14-6-7-14/h3-5,13-14,17H,6-12H2,1-2H3. The zero-order valence-electron chi connectivity index (χ0n) is 12.7. The van der Waals surface area contributed by atoms with Crippen LogP contribution in [0.5, 0.6) is 0 Å². The second kappa shape index (κ2) is 6.10. The second-order valence-electron chi connectivity index (χ2n) is 6.26. The molecule has 0 unspecified atom stereocenters. The minimum atomic E-state index is 0.652. The molecule has 1 saturated carbocycles. The van der Waals surface area contributed by atoms with E-state index in [0.29, 0.717) is 6.04 Å². The monoisotopic (exact) mass is 274 g/mol. The van der Waals surface area contributed by atoms with Crippen molar-refractivity contribution in [3.05, 3.63) is 23.9 Å². The van der Waals surface area contributed by atoms with Crippen LogP contribution in [0.4, 0.5) is 5.82 Å². The lowest BCUT2D eigenvalue weighted by molar-refractivity contribution is 0.209. The number of hydrogen-bond acceptors (Lipinski definition) is 4. The molecule has 0 amide bonds. The fourth-order valence-corrected chi connectivity index (χ4v) is 2.75. The molecule has 2 heterocycles. The molecule has 4 heteroatoms. The largest absolute Gasteiger partial charge is 0.354 e. The molecule has 110 valence electrons. The van der Waals surface area contributed by atoms with Crippen LogP contribution in [0.1, 0.15) is 32.4 Å². The first-order valence-electron chi connectivity index (χ1n) is 7.90. The van der Waals surface area contributed by atoms with Gasteiger partial charge in [-0.2, -0.15) is 0 Å². The number of nitrogens with zero attached hydrogens (tertiary/aromatic N) is 3. The van der Waals surface area contributed by atoms with Crippen LogP contribution in [0, 0.1) is 0 Å². The predicted molar refractivity (Wildman–Crippen MR) is 83.0 cm³/mol. The summed E-state index contributed by atoms with van der Waals surface area (Å²) >= 11 is 0. The topological polar surface area (TPSA) is 31.4 Å². The molecule has 2 fully saturated rings. The average Bonchev–Trinajstić information content (AvgIpc) is 3.30. The highest BCUT2D eigenvalue weighted by molar-refractivity contribution is 5.39. The molecule has 1 aliphatic carbocycles. The minimum absolute atomic E-state index is 0.652. The number of pyridine rings is 1. The van der Waals surface area contributed by atoms with E-state index in [1.807, 2.05) is 0 Å². The van der Waals surface area contributed by atoms with Gasteiger partial charge in [-0.05, 0) is 38.8 Å². The molecule has 1 aromatic heterocycles. The Morgan fingerprint density at radius 1 is 1.20 bits per heavy atom. The molecular weight excluding hydrogens is 248 g/mol. The van der Waals surface area contributed by atoms with E-state index in [9.17, 15) is 0 Å². The summed E-state index contributed by atoms with van der Waals surface area (Å²) < 4.78 is 0. The maximum atomic E-state index is 4.81. The van der Waals surface area contributed by atoms with Crippen molar-refractivity contribution in [1.29, 1.82) is 0 Å². The number of piperazine rings is 1. The van der Waals surface area contributed by atoms with Crippen molar-refractivity contribution in [2.45, 2.75) is 45.3 Å². The molecule has 0 radical (unpaired) electrons. The van der Waals surface area contributed by atoms with Gasteiger partial charge in [0.25, 0.3) is 0 Å². The van der Waals surface area contributed by atoms with E-state index in [2.05, 4.69) is 47.2 Å². The molecule has 3 rings (SSSR count). The van der Waals surface area contributed by atoms with Gasteiger partial charge in [0.2, 0.25) is 0 Å². The molecule has 4 nitrogen and oxygen atoms in total. The molecule has 1 N–H and O–H groups in total. The number of aromatic nitrogens is 1. The van der Waals surface area contributed by atoms with Gasteiger partial charge >= 0.3 is 0 Å². The fourth-order valence-electron chi connectivity index (χ4n) is 2.75. The Hall–Kier alpha value is -1.13. The third kappa shape index (κ3) is 3.49. The van der Waals surface area contributed by atoms with Crippen molar-refractivity contribution in [2.75, 3.05) is 31.1 Å². The molecule has 1 saturated heterocycles. The lowest BCUT2D eigenvalue weighted by Gasteiger charge is -2.37. The molecule has 0 aromatic carbocycles. The molecule has 0 atom stereocenters. The minimum Gasteiger partial charge on any atom is -0.354 e. The van der Waals surface area contributed by atoms with Crippen molar-refractivity contribution in [2.24, 2.45) is 0 Å². The Morgan fingerprint density at radius 3 is 2.60 bits per heavy atom. The van der Waals surface area contributed by atoms with Crippen LogP contribution < -0.4 is 10.2 Å². The Labute approximate surface area is 122 Å². The van der Waals surface area contributed by atoms with Crippen molar-refractivity contribution >= 4 is 5.82 Å². The molecule has 0 spiro atoms. The van der Waals surface area contributed by atoms with Crippen LogP contribution in [-0.2, 0) is 6.54 Å². The summed E-state index contributed by atoms with van der Waals surface area (Å²) in [5.74, 6) is 1.14. The maximum absolute atomic E-state index is 4.81. The number of nitrogens with one attached hydrogen (secondary N) is 1. The summed E-state index contributed by atoms with van der Waals surface area (Å²) in [4.78, 5) is 9.76. The molecule has 20 heavy (non-hydrogen) atoms. The molecule has 1 aromatic rings. The van der Waals surface area contributed by atoms with Crippen LogP contribution in [0.15, 0.2) is 18.2 Å². The third-order valence-corrected chi connectivity index (χ3v) is 4.31. The van der Waals surface area contributed by atoms with Gasteiger partial charge < -0.3 is 10.2 Å². The highest BCUT2D eigenvalue weighted by Crippen LogP contribution is 2.20. The van der Waals surface area contributed by atoms with Crippen LogP contribution in [-0.4, -0.2) is 48.1 Å². The summed E-state index contributed by atoms with van der Waals surface area (Å²) in [6, 6.07) is 7.81. The molecule has 2 aliphatic rings. The molecular formula is C16H26N4. The number of hydrogen-bond donors (Lipinski definition) is 1. The SMILES string of the molecule is CC(C)N1CCN(c2cccc(CNC3CC3)n2)CC1. The lowest BCUT2D eigenvalue weighted by Crippen LogP contribution is -2.49. The van der Waals surface area contributed by atoms with Gasteiger partial charge in [-0.3, -0.25) is 4.90 Å². The van der Waals surface area contributed by atoms with E-state index in [1.165, 1.54) is 18.5 Å². The summed E-state index contributed by atoms with van der Waals surface area (Å²) in [5, 5.41) is 3.54. The first-order valence-corrected chi connectivity index (χ1v) is 7.90. The van der Waals surface area contributed by atoms with Crippen molar-refractivity contribution in [3.8, 4) is 0 Å². The van der Waals surface area contributed by atoms with E-state index in [4.69, 9.17) is 4.98 Å². The van der Waals surface area contributed by atoms with Crippen LogP contribution in [0.2, 0.25) is 0 Å². The van der Waals surface area contributed by atoms with E-state index < -0.39 is 0 Å². The molecule has 0 bridgehead atoms. The van der Waals surface area contributed by atoms with Crippen LogP contribution in [0.3, 0.4) is 0 Å². The van der Waals surface area contributed by atoms with Crippen molar-refractivity contribution < 1.29 is 0 Å². The highest BCUT2D eigenvalue weighted by atomic mass is 15.3. The second-order valence-corrected chi connectivity index (χ2v) is 6.26. The van der Waals surface area contributed by atoms with Crippen molar-refractivity contribution in [3.63, 3.8) is 0 Å². The van der Waals surface area contributed by atoms with Crippen LogP contribution >= 0.6 is 0 Å². The van der Waals surface area contributed by atoms with Gasteiger partial charge in [0.05, 0.1) is 5.69 Å². The van der Waals surface area contributed by atoms with Gasteiger partial charge in [-0.15, -0.1) is 0 Å². The normalized spacial score (nSPS) is 20.6. The van der Waals surface area contributed by atoms with Crippen LogP contribution in [0.25, 0.3) is 0 Å². The first kappa shape index (κ1) is 13.8. The third-order valence-electron chi connectivity index (χ3n) is 4.31. The zero-order chi connectivity index (χ0) is 13.9. The number of anilines is 1. The van der Waals surface area contributed by atoms with Gasteiger partial charge in [0, 0.05) is 44.8 Å². The van der Waals surface area contributed by atoms with E-state index in [-0.39, 0.29) is 0 Å². The van der Waals surface area contributed by atoms with Gasteiger partial charge in [0.1, 0.15) is 5.82 Å². The zero-order valence-corrected chi connectivity index (χ0v) is 12.7. The predicted octanol–water partition coefficient (Wildman–Crippen LogP) is 1.86. The average molecular weight is 274 g/mol. The smallest absolute Gasteiger partial charge is 0.128 e. The van der Waals surface area contributed by atoms with E-state index >= 15 is 0 Å².